The predicted molar refractivity (Wildman–Crippen MR) is 68.4 cm³/mol. The maximum Gasteiger partial charge on any atom is 0.269 e. The number of nitro benzene ring substituents is 1. The zero-order chi connectivity index (χ0) is 13.8. The Bertz CT molecular complexity index is 563. The van der Waals surface area contributed by atoms with Crippen molar-refractivity contribution in [1.82, 2.24) is 10.1 Å². The highest BCUT2D eigenvalue weighted by Gasteiger charge is 2.11. The smallest absolute Gasteiger partial charge is 0.269 e. The van der Waals surface area contributed by atoms with Crippen LogP contribution in [0.2, 0.25) is 0 Å². The number of hydrogen-bond acceptors (Lipinski definition) is 6. The third-order valence-corrected chi connectivity index (χ3v) is 2.62. The topological polar surface area (TPSA) is 108 Å². The number of hydrogen-bond donors (Lipinski definition) is 1. The van der Waals surface area contributed by atoms with Crippen LogP contribution in [0.5, 0.6) is 0 Å². The van der Waals surface area contributed by atoms with Crippen molar-refractivity contribution < 1.29 is 9.45 Å². The summed E-state index contributed by atoms with van der Waals surface area (Å²) in [6.45, 7) is 1.91. The zero-order valence-corrected chi connectivity index (χ0v) is 10.4. The highest BCUT2D eigenvalue weighted by atomic mass is 16.6. The van der Waals surface area contributed by atoms with Crippen LogP contribution < -0.4 is 5.73 Å². The average molecular weight is 262 g/mol. The standard InChI is InChI=1S/C12H14N4O3/c1-8(13)2-7-11-14-12(15-19-11)9-3-5-10(6-4-9)16(17)18/h3-6,8H,2,7,13H2,1H3. The summed E-state index contributed by atoms with van der Waals surface area (Å²) < 4.78 is 5.10. The molecular formula is C12H14N4O3. The number of aromatic nitrogens is 2. The van der Waals surface area contributed by atoms with E-state index in [1.165, 1.54) is 12.1 Å². The number of nitrogens with zero attached hydrogens (tertiary/aromatic N) is 3. The molecule has 1 atom stereocenters. The molecular weight excluding hydrogens is 248 g/mol. The molecule has 0 saturated carbocycles. The molecule has 0 aliphatic carbocycles. The van der Waals surface area contributed by atoms with E-state index < -0.39 is 4.92 Å². The van der Waals surface area contributed by atoms with Gasteiger partial charge in [0.15, 0.2) is 0 Å². The van der Waals surface area contributed by atoms with Crippen LogP contribution in [0.3, 0.4) is 0 Å². The first-order valence-corrected chi connectivity index (χ1v) is 5.89. The molecule has 0 bridgehead atoms. The van der Waals surface area contributed by atoms with Crippen LogP contribution in [0.25, 0.3) is 11.4 Å². The van der Waals surface area contributed by atoms with Gasteiger partial charge in [0.2, 0.25) is 11.7 Å². The lowest BCUT2D eigenvalue weighted by Crippen LogP contribution is -2.15. The van der Waals surface area contributed by atoms with Gasteiger partial charge in [0, 0.05) is 30.2 Å². The summed E-state index contributed by atoms with van der Waals surface area (Å²) in [4.78, 5) is 14.3. The van der Waals surface area contributed by atoms with Gasteiger partial charge in [0.25, 0.3) is 5.69 Å². The van der Waals surface area contributed by atoms with E-state index >= 15 is 0 Å². The second-order valence-corrected chi connectivity index (χ2v) is 4.33. The summed E-state index contributed by atoms with van der Waals surface area (Å²) in [6, 6.07) is 6.09. The Balaban J connectivity index is 2.11. The largest absolute Gasteiger partial charge is 0.339 e. The van der Waals surface area contributed by atoms with Crippen molar-refractivity contribution in [3.8, 4) is 11.4 Å². The fourth-order valence-electron chi connectivity index (χ4n) is 1.56. The monoisotopic (exact) mass is 262 g/mol. The number of aryl methyl sites for hydroxylation is 1. The lowest BCUT2D eigenvalue weighted by atomic mass is 10.2. The molecule has 0 saturated heterocycles. The molecule has 7 heteroatoms. The molecule has 0 aliphatic heterocycles. The average Bonchev–Trinajstić information content (AvgIpc) is 2.85. The van der Waals surface area contributed by atoms with Crippen molar-refractivity contribution in [1.29, 1.82) is 0 Å². The van der Waals surface area contributed by atoms with Gasteiger partial charge in [-0.15, -0.1) is 0 Å². The number of rotatable bonds is 5. The molecule has 7 nitrogen and oxygen atoms in total. The maximum absolute atomic E-state index is 10.5. The Kier molecular flexibility index (Phi) is 3.86. The van der Waals surface area contributed by atoms with Crippen molar-refractivity contribution in [2.45, 2.75) is 25.8 Å². The summed E-state index contributed by atoms with van der Waals surface area (Å²) in [6.07, 6.45) is 1.39. The first-order valence-electron chi connectivity index (χ1n) is 5.89. The molecule has 1 heterocycles. The SMILES string of the molecule is CC(N)CCc1nc(-c2ccc([N+](=O)[O-])cc2)no1. The third-order valence-electron chi connectivity index (χ3n) is 2.62. The van der Waals surface area contributed by atoms with Gasteiger partial charge >= 0.3 is 0 Å². The second kappa shape index (κ2) is 5.57. The van der Waals surface area contributed by atoms with Gasteiger partial charge in [0.1, 0.15) is 0 Å². The molecule has 19 heavy (non-hydrogen) atoms. The van der Waals surface area contributed by atoms with Gasteiger partial charge in [-0.3, -0.25) is 10.1 Å². The van der Waals surface area contributed by atoms with E-state index in [9.17, 15) is 10.1 Å². The van der Waals surface area contributed by atoms with Crippen molar-refractivity contribution in [3.05, 3.63) is 40.3 Å². The lowest BCUT2D eigenvalue weighted by Gasteiger charge is -1.99. The summed E-state index contributed by atoms with van der Waals surface area (Å²) in [5.41, 5.74) is 6.36. The molecule has 2 rings (SSSR count). The number of nitro groups is 1. The van der Waals surface area contributed by atoms with E-state index in [1.54, 1.807) is 12.1 Å². The van der Waals surface area contributed by atoms with Gasteiger partial charge in [-0.05, 0) is 25.5 Å². The Morgan fingerprint density at radius 2 is 2.11 bits per heavy atom. The van der Waals surface area contributed by atoms with E-state index in [1.807, 2.05) is 6.92 Å². The van der Waals surface area contributed by atoms with Crippen LogP contribution >= 0.6 is 0 Å². The molecule has 0 aliphatic rings. The predicted octanol–water partition coefficient (Wildman–Crippen LogP) is 1.92. The maximum atomic E-state index is 10.5. The Hall–Kier alpha value is -2.28. The van der Waals surface area contributed by atoms with E-state index in [4.69, 9.17) is 10.3 Å². The van der Waals surface area contributed by atoms with E-state index in [2.05, 4.69) is 10.1 Å². The first-order chi connectivity index (χ1) is 9.06. The van der Waals surface area contributed by atoms with Crippen LogP contribution in [-0.4, -0.2) is 21.1 Å². The van der Waals surface area contributed by atoms with Gasteiger partial charge in [-0.2, -0.15) is 4.98 Å². The molecule has 1 aromatic carbocycles. The number of benzene rings is 1. The molecule has 1 aromatic heterocycles. The second-order valence-electron chi connectivity index (χ2n) is 4.33. The molecule has 2 aromatic rings. The molecule has 2 N–H and O–H groups in total. The molecule has 0 spiro atoms. The van der Waals surface area contributed by atoms with Crippen LogP contribution in [0.15, 0.2) is 28.8 Å². The highest BCUT2D eigenvalue weighted by Crippen LogP contribution is 2.20. The number of nitrogens with two attached hydrogens (primary N) is 1. The van der Waals surface area contributed by atoms with Crippen molar-refractivity contribution in [3.63, 3.8) is 0 Å². The fourth-order valence-corrected chi connectivity index (χ4v) is 1.56. The summed E-state index contributed by atoms with van der Waals surface area (Å²) in [5, 5.41) is 14.4. The van der Waals surface area contributed by atoms with Crippen LogP contribution in [-0.2, 0) is 6.42 Å². The van der Waals surface area contributed by atoms with Crippen LogP contribution in [0, 0.1) is 10.1 Å². The van der Waals surface area contributed by atoms with E-state index in [0.717, 1.165) is 6.42 Å². The first kappa shape index (κ1) is 13.2. The van der Waals surface area contributed by atoms with Crippen molar-refractivity contribution in [2.75, 3.05) is 0 Å². The normalized spacial score (nSPS) is 12.3. The van der Waals surface area contributed by atoms with E-state index in [0.29, 0.717) is 23.7 Å². The molecule has 0 amide bonds. The summed E-state index contributed by atoms with van der Waals surface area (Å²) >= 11 is 0. The fraction of sp³-hybridized carbons (Fsp3) is 0.333. The van der Waals surface area contributed by atoms with Gasteiger partial charge < -0.3 is 10.3 Å². The van der Waals surface area contributed by atoms with Crippen molar-refractivity contribution >= 4 is 5.69 Å². The quantitative estimate of drug-likeness (QED) is 0.651. The van der Waals surface area contributed by atoms with E-state index in [-0.39, 0.29) is 11.7 Å². The summed E-state index contributed by atoms with van der Waals surface area (Å²) in [5.74, 6) is 0.945. The third kappa shape index (κ3) is 3.35. The van der Waals surface area contributed by atoms with Crippen LogP contribution in [0.4, 0.5) is 5.69 Å². The minimum Gasteiger partial charge on any atom is -0.339 e. The lowest BCUT2D eigenvalue weighted by molar-refractivity contribution is -0.384. The van der Waals surface area contributed by atoms with Crippen LogP contribution in [0.1, 0.15) is 19.2 Å². The van der Waals surface area contributed by atoms with Crippen molar-refractivity contribution in [2.24, 2.45) is 5.73 Å². The zero-order valence-electron chi connectivity index (χ0n) is 10.4. The minimum absolute atomic E-state index is 0.0319. The minimum atomic E-state index is -0.450. The van der Waals surface area contributed by atoms with Gasteiger partial charge in [-0.25, -0.2) is 0 Å². The van der Waals surface area contributed by atoms with Gasteiger partial charge in [0.05, 0.1) is 4.92 Å². The molecule has 0 radical (unpaired) electrons. The highest BCUT2D eigenvalue weighted by molar-refractivity contribution is 5.56. The molecule has 1 unspecified atom stereocenters. The van der Waals surface area contributed by atoms with Gasteiger partial charge in [-0.1, -0.05) is 5.16 Å². The molecule has 100 valence electrons. The summed E-state index contributed by atoms with van der Waals surface area (Å²) in [7, 11) is 0. The Morgan fingerprint density at radius 1 is 1.42 bits per heavy atom. The number of non-ortho nitro benzene ring substituents is 1. The Morgan fingerprint density at radius 3 is 2.68 bits per heavy atom. The molecule has 0 fully saturated rings. The Labute approximate surface area is 109 Å².